The van der Waals surface area contributed by atoms with E-state index in [4.69, 9.17) is 0 Å². The van der Waals surface area contributed by atoms with Crippen molar-refractivity contribution >= 4 is 23.2 Å². The van der Waals surface area contributed by atoms with Gasteiger partial charge in [0, 0.05) is 30.9 Å². The molecule has 1 atom stereocenters. The molecule has 1 fully saturated rings. The average molecular weight is 408 g/mol. The third kappa shape index (κ3) is 5.62. The number of hydrogen-bond donors (Lipinski definition) is 2. The molecule has 30 heavy (non-hydrogen) atoms. The van der Waals surface area contributed by atoms with Crippen molar-refractivity contribution in [1.29, 1.82) is 0 Å². The fraction of sp³-hybridized carbons (Fsp3) is 0.440. The SMILES string of the molecule is CCCC(=O)Nc1ccc(N2CCC(C)CC2)c(C(=O)NC(C)c2ccccc2)c1. The zero-order chi connectivity index (χ0) is 21.5. The number of anilines is 2. The molecule has 1 saturated heterocycles. The van der Waals surface area contributed by atoms with Crippen molar-refractivity contribution in [3.05, 3.63) is 59.7 Å². The summed E-state index contributed by atoms with van der Waals surface area (Å²) >= 11 is 0. The fourth-order valence-electron chi connectivity index (χ4n) is 3.87. The smallest absolute Gasteiger partial charge is 0.253 e. The minimum atomic E-state index is -0.119. The maximum atomic E-state index is 13.3. The standard InChI is InChI=1S/C25H33N3O2/c1-4-8-24(29)27-21-11-12-23(28-15-13-18(2)14-16-28)22(17-21)25(30)26-19(3)20-9-6-5-7-10-20/h5-7,9-12,17-19H,4,8,13-16H2,1-3H3,(H,26,30)(H,27,29). The Bertz CT molecular complexity index is 858. The van der Waals surface area contributed by atoms with Crippen LogP contribution in [0.3, 0.4) is 0 Å². The first-order chi connectivity index (χ1) is 14.5. The van der Waals surface area contributed by atoms with E-state index in [9.17, 15) is 9.59 Å². The molecule has 0 aromatic heterocycles. The number of benzene rings is 2. The van der Waals surface area contributed by atoms with Gasteiger partial charge in [-0.2, -0.15) is 0 Å². The Balaban J connectivity index is 1.85. The first kappa shape index (κ1) is 21.9. The van der Waals surface area contributed by atoms with Gasteiger partial charge in [-0.05, 0) is 55.9 Å². The van der Waals surface area contributed by atoms with Gasteiger partial charge in [-0.25, -0.2) is 0 Å². The number of nitrogens with one attached hydrogen (secondary N) is 2. The van der Waals surface area contributed by atoms with Gasteiger partial charge < -0.3 is 15.5 Å². The molecule has 2 aromatic rings. The normalized spacial score (nSPS) is 15.5. The highest BCUT2D eigenvalue weighted by Crippen LogP contribution is 2.29. The van der Waals surface area contributed by atoms with Crippen LogP contribution in [-0.4, -0.2) is 24.9 Å². The van der Waals surface area contributed by atoms with Crippen molar-refractivity contribution in [3.8, 4) is 0 Å². The second-order valence-electron chi connectivity index (χ2n) is 8.31. The lowest BCUT2D eigenvalue weighted by molar-refractivity contribution is -0.116. The van der Waals surface area contributed by atoms with Crippen molar-refractivity contribution in [2.75, 3.05) is 23.3 Å². The molecule has 5 heteroatoms. The molecule has 0 spiro atoms. The van der Waals surface area contributed by atoms with E-state index in [2.05, 4.69) is 22.5 Å². The van der Waals surface area contributed by atoms with E-state index in [0.29, 0.717) is 23.6 Å². The predicted molar refractivity (Wildman–Crippen MR) is 123 cm³/mol. The molecule has 1 unspecified atom stereocenters. The molecular formula is C25H33N3O2. The zero-order valence-electron chi connectivity index (χ0n) is 18.3. The number of nitrogens with zero attached hydrogens (tertiary/aromatic N) is 1. The van der Waals surface area contributed by atoms with E-state index in [1.165, 1.54) is 0 Å². The summed E-state index contributed by atoms with van der Waals surface area (Å²) in [4.78, 5) is 27.6. The summed E-state index contributed by atoms with van der Waals surface area (Å²) in [7, 11) is 0. The monoisotopic (exact) mass is 407 g/mol. The second kappa shape index (κ2) is 10.3. The van der Waals surface area contributed by atoms with E-state index >= 15 is 0 Å². The van der Waals surface area contributed by atoms with Crippen molar-refractivity contribution in [2.45, 2.75) is 52.5 Å². The number of piperidine rings is 1. The van der Waals surface area contributed by atoms with Crippen molar-refractivity contribution < 1.29 is 9.59 Å². The van der Waals surface area contributed by atoms with Crippen molar-refractivity contribution in [2.24, 2.45) is 5.92 Å². The number of carbonyl (C=O) groups is 2. The fourth-order valence-corrected chi connectivity index (χ4v) is 3.87. The van der Waals surface area contributed by atoms with Crippen LogP contribution < -0.4 is 15.5 Å². The second-order valence-corrected chi connectivity index (χ2v) is 8.31. The molecule has 2 aromatic carbocycles. The van der Waals surface area contributed by atoms with Gasteiger partial charge in [0.2, 0.25) is 5.91 Å². The van der Waals surface area contributed by atoms with E-state index in [1.807, 2.05) is 62.4 Å². The lowest BCUT2D eigenvalue weighted by Gasteiger charge is -2.33. The van der Waals surface area contributed by atoms with E-state index in [1.54, 1.807) is 0 Å². The van der Waals surface area contributed by atoms with Crippen LogP contribution in [0.5, 0.6) is 0 Å². The zero-order valence-corrected chi connectivity index (χ0v) is 18.3. The molecule has 0 bridgehead atoms. The van der Waals surface area contributed by atoms with Crippen LogP contribution in [0.15, 0.2) is 48.5 Å². The van der Waals surface area contributed by atoms with E-state index in [0.717, 1.165) is 43.6 Å². The Morgan fingerprint density at radius 2 is 1.80 bits per heavy atom. The molecule has 5 nitrogen and oxygen atoms in total. The number of hydrogen-bond acceptors (Lipinski definition) is 3. The van der Waals surface area contributed by atoms with Crippen LogP contribution in [0.4, 0.5) is 11.4 Å². The Morgan fingerprint density at radius 3 is 2.47 bits per heavy atom. The number of amides is 2. The molecule has 1 aliphatic rings. The first-order valence-corrected chi connectivity index (χ1v) is 11.0. The first-order valence-electron chi connectivity index (χ1n) is 11.0. The summed E-state index contributed by atoms with van der Waals surface area (Å²) in [5.41, 5.74) is 3.28. The van der Waals surface area contributed by atoms with E-state index in [-0.39, 0.29) is 17.9 Å². The lowest BCUT2D eigenvalue weighted by atomic mass is 9.97. The molecule has 3 rings (SSSR count). The summed E-state index contributed by atoms with van der Waals surface area (Å²) in [6.45, 7) is 8.12. The summed E-state index contributed by atoms with van der Waals surface area (Å²) < 4.78 is 0. The minimum Gasteiger partial charge on any atom is -0.371 e. The van der Waals surface area contributed by atoms with E-state index < -0.39 is 0 Å². The topological polar surface area (TPSA) is 61.4 Å². The third-order valence-corrected chi connectivity index (χ3v) is 5.77. The van der Waals surface area contributed by atoms with Gasteiger partial charge in [0.15, 0.2) is 0 Å². The average Bonchev–Trinajstić information content (AvgIpc) is 2.75. The quantitative estimate of drug-likeness (QED) is 0.667. The Hall–Kier alpha value is -2.82. The van der Waals surface area contributed by atoms with Gasteiger partial charge >= 0.3 is 0 Å². The number of rotatable bonds is 7. The summed E-state index contributed by atoms with van der Waals surface area (Å²) in [5.74, 6) is 0.567. The van der Waals surface area contributed by atoms with Crippen LogP contribution in [0, 0.1) is 5.92 Å². The molecule has 2 amide bonds. The predicted octanol–water partition coefficient (Wildman–Crippen LogP) is 5.15. The molecule has 2 N–H and O–H groups in total. The van der Waals surface area contributed by atoms with Gasteiger partial charge in [0.25, 0.3) is 5.91 Å². The maximum absolute atomic E-state index is 13.3. The Labute approximate surface area is 179 Å². The van der Waals surface area contributed by atoms with Crippen molar-refractivity contribution in [3.63, 3.8) is 0 Å². The highest BCUT2D eigenvalue weighted by Gasteiger charge is 2.23. The molecular weight excluding hydrogens is 374 g/mol. The highest BCUT2D eigenvalue weighted by atomic mass is 16.2. The number of carbonyl (C=O) groups excluding carboxylic acids is 2. The van der Waals surface area contributed by atoms with Gasteiger partial charge in [-0.15, -0.1) is 0 Å². The molecule has 0 radical (unpaired) electrons. The van der Waals surface area contributed by atoms with Crippen LogP contribution in [0.1, 0.15) is 68.4 Å². The summed E-state index contributed by atoms with van der Waals surface area (Å²) in [6.07, 6.45) is 3.50. The van der Waals surface area contributed by atoms with Crippen LogP contribution in [0.25, 0.3) is 0 Å². The molecule has 0 aliphatic carbocycles. The van der Waals surface area contributed by atoms with Crippen LogP contribution in [-0.2, 0) is 4.79 Å². The molecule has 0 saturated carbocycles. The van der Waals surface area contributed by atoms with Crippen molar-refractivity contribution in [1.82, 2.24) is 5.32 Å². The molecule has 1 aliphatic heterocycles. The Kier molecular flexibility index (Phi) is 7.50. The van der Waals surface area contributed by atoms with Crippen LogP contribution in [0.2, 0.25) is 0 Å². The lowest BCUT2D eigenvalue weighted by Crippen LogP contribution is -2.35. The molecule has 1 heterocycles. The van der Waals surface area contributed by atoms with Crippen LogP contribution >= 0.6 is 0 Å². The van der Waals surface area contributed by atoms with Gasteiger partial charge in [0.05, 0.1) is 11.6 Å². The minimum absolute atomic E-state index is 0.0268. The van der Waals surface area contributed by atoms with Gasteiger partial charge in [-0.1, -0.05) is 44.2 Å². The summed E-state index contributed by atoms with van der Waals surface area (Å²) in [5, 5.41) is 6.05. The maximum Gasteiger partial charge on any atom is 0.253 e. The highest BCUT2D eigenvalue weighted by molar-refractivity contribution is 6.02. The third-order valence-electron chi connectivity index (χ3n) is 5.77. The Morgan fingerprint density at radius 1 is 1.10 bits per heavy atom. The van der Waals surface area contributed by atoms with Gasteiger partial charge in [-0.3, -0.25) is 9.59 Å². The van der Waals surface area contributed by atoms with Gasteiger partial charge in [0.1, 0.15) is 0 Å². The largest absolute Gasteiger partial charge is 0.371 e. The summed E-state index contributed by atoms with van der Waals surface area (Å²) in [6, 6.07) is 15.5. The molecule has 160 valence electrons.